The molecule has 0 aromatic rings. The topological polar surface area (TPSA) is 12.5 Å². The van der Waals surface area contributed by atoms with Gasteiger partial charge in [0.1, 0.15) is 0 Å². The molecule has 0 aromatic carbocycles. The standard InChI is InChI=1S/C10H21NO/c1-4-12-10-5-7-11(8-6-10)9(2)3/h9-10H,4-8H2,1-3H3. The third kappa shape index (κ3) is 2.76. The van der Waals surface area contributed by atoms with Gasteiger partial charge in [0.15, 0.2) is 0 Å². The van der Waals surface area contributed by atoms with E-state index < -0.39 is 0 Å². The van der Waals surface area contributed by atoms with E-state index in [-0.39, 0.29) is 0 Å². The predicted octanol–water partition coefficient (Wildman–Crippen LogP) is 1.90. The molecule has 1 fully saturated rings. The Morgan fingerprint density at radius 2 is 1.92 bits per heavy atom. The molecule has 2 nitrogen and oxygen atoms in total. The molecule has 72 valence electrons. The molecule has 0 atom stereocenters. The lowest BCUT2D eigenvalue weighted by atomic mass is 10.1. The predicted molar refractivity (Wildman–Crippen MR) is 51.4 cm³/mol. The van der Waals surface area contributed by atoms with Crippen LogP contribution in [-0.4, -0.2) is 36.7 Å². The van der Waals surface area contributed by atoms with Crippen LogP contribution < -0.4 is 0 Å². The van der Waals surface area contributed by atoms with Crippen molar-refractivity contribution in [1.82, 2.24) is 4.90 Å². The first kappa shape index (κ1) is 10.0. The quantitative estimate of drug-likeness (QED) is 0.643. The number of hydrogen-bond donors (Lipinski definition) is 0. The SMILES string of the molecule is CCOC1CCN(C(C)C)CC1. The third-order valence-electron chi connectivity index (χ3n) is 2.61. The van der Waals surface area contributed by atoms with Crippen LogP contribution in [-0.2, 0) is 4.74 Å². The molecule has 0 radical (unpaired) electrons. The first-order chi connectivity index (χ1) is 5.74. The maximum atomic E-state index is 5.58. The molecule has 0 unspecified atom stereocenters. The normalized spacial score (nSPS) is 22.0. The first-order valence-electron chi connectivity index (χ1n) is 5.09. The molecule has 0 aromatic heterocycles. The monoisotopic (exact) mass is 171 g/mol. The summed E-state index contributed by atoms with van der Waals surface area (Å²) in [5, 5.41) is 0. The Bertz CT molecular complexity index is 117. The lowest BCUT2D eigenvalue weighted by Gasteiger charge is -2.34. The van der Waals surface area contributed by atoms with E-state index in [9.17, 15) is 0 Å². The van der Waals surface area contributed by atoms with Crippen LogP contribution in [0.3, 0.4) is 0 Å². The number of nitrogens with zero attached hydrogens (tertiary/aromatic N) is 1. The van der Waals surface area contributed by atoms with E-state index in [1.807, 2.05) is 0 Å². The average Bonchev–Trinajstić information content (AvgIpc) is 2.06. The summed E-state index contributed by atoms with van der Waals surface area (Å²) in [7, 11) is 0. The van der Waals surface area contributed by atoms with Crippen molar-refractivity contribution in [2.75, 3.05) is 19.7 Å². The summed E-state index contributed by atoms with van der Waals surface area (Å²) in [4.78, 5) is 2.52. The van der Waals surface area contributed by atoms with Crippen LogP contribution in [0.4, 0.5) is 0 Å². The summed E-state index contributed by atoms with van der Waals surface area (Å²) in [6.07, 6.45) is 2.96. The molecule has 0 amide bonds. The second-order valence-corrected chi connectivity index (χ2v) is 3.78. The van der Waals surface area contributed by atoms with Crippen LogP contribution >= 0.6 is 0 Å². The minimum atomic E-state index is 0.532. The maximum absolute atomic E-state index is 5.58. The molecule has 1 saturated heterocycles. The highest BCUT2D eigenvalue weighted by Gasteiger charge is 2.20. The molecule has 1 heterocycles. The lowest BCUT2D eigenvalue weighted by molar-refractivity contribution is 0.00760. The summed E-state index contributed by atoms with van der Waals surface area (Å²) in [6, 6.07) is 0.701. The van der Waals surface area contributed by atoms with Crippen molar-refractivity contribution in [2.24, 2.45) is 0 Å². The highest BCUT2D eigenvalue weighted by Crippen LogP contribution is 2.15. The number of rotatable bonds is 3. The Labute approximate surface area is 75.9 Å². The van der Waals surface area contributed by atoms with Gasteiger partial charge >= 0.3 is 0 Å². The molecule has 2 heteroatoms. The van der Waals surface area contributed by atoms with Crippen LogP contribution in [0.1, 0.15) is 33.6 Å². The largest absolute Gasteiger partial charge is 0.378 e. The van der Waals surface area contributed by atoms with Gasteiger partial charge in [-0.1, -0.05) is 0 Å². The highest BCUT2D eigenvalue weighted by atomic mass is 16.5. The van der Waals surface area contributed by atoms with Gasteiger partial charge in [0.05, 0.1) is 6.10 Å². The number of piperidine rings is 1. The van der Waals surface area contributed by atoms with Crippen molar-refractivity contribution >= 4 is 0 Å². The van der Waals surface area contributed by atoms with E-state index >= 15 is 0 Å². The zero-order chi connectivity index (χ0) is 8.97. The van der Waals surface area contributed by atoms with Gasteiger partial charge in [-0.15, -0.1) is 0 Å². The lowest BCUT2D eigenvalue weighted by Crippen LogP contribution is -2.40. The fourth-order valence-electron chi connectivity index (χ4n) is 1.79. The van der Waals surface area contributed by atoms with Crippen molar-refractivity contribution < 1.29 is 4.74 Å². The molecular weight excluding hydrogens is 150 g/mol. The Morgan fingerprint density at radius 3 is 2.33 bits per heavy atom. The van der Waals surface area contributed by atoms with Crippen LogP contribution in [0.15, 0.2) is 0 Å². The van der Waals surface area contributed by atoms with Crippen LogP contribution in [0.25, 0.3) is 0 Å². The van der Waals surface area contributed by atoms with Crippen LogP contribution in [0.5, 0.6) is 0 Å². The Hall–Kier alpha value is -0.0800. The molecular formula is C10H21NO. The number of ether oxygens (including phenoxy) is 1. The highest BCUT2D eigenvalue weighted by molar-refractivity contribution is 4.74. The Morgan fingerprint density at radius 1 is 1.33 bits per heavy atom. The molecule has 0 saturated carbocycles. The van der Waals surface area contributed by atoms with Gasteiger partial charge in [-0.3, -0.25) is 0 Å². The van der Waals surface area contributed by atoms with Gasteiger partial charge in [0.2, 0.25) is 0 Å². The van der Waals surface area contributed by atoms with Crippen molar-refractivity contribution in [3.05, 3.63) is 0 Å². The summed E-state index contributed by atoms with van der Waals surface area (Å²) in [6.45, 7) is 9.90. The summed E-state index contributed by atoms with van der Waals surface area (Å²) in [5.41, 5.74) is 0. The number of likely N-dealkylation sites (tertiary alicyclic amines) is 1. The smallest absolute Gasteiger partial charge is 0.0599 e. The van der Waals surface area contributed by atoms with E-state index in [0.717, 1.165) is 6.61 Å². The fourth-order valence-corrected chi connectivity index (χ4v) is 1.79. The second-order valence-electron chi connectivity index (χ2n) is 3.78. The van der Waals surface area contributed by atoms with Crippen molar-refractivity contribution in [3.8, 4) is 0 Å². The summed E-state index contributed by atoms with van der Waals surface area (Å²) < 4.78 is 5.58. The van der Waals surface area contributed by atoms with Crippen molar-refractivity contribution in [3.63, 3.8) is 0 Å². The summed E-state index contributed by atoms with van der Waals surface area (Å²) in [5.74, 6) is 0. The molecule has 0 bridgehead atoms. The molecule has 1 aliphatic rings. The molecule has 1 rings (SSSR count). The van der Waals surface area contributed by atoms with E-state index in [2.05, 4.69) is 25.7 Å². The maximum Gasteiger partial charge on any atom is 0.0599 e. The Balaban J connectivity index is 2.20. The number of hydrogen-bond acceptors (Lipinski definition) is 2. The van der Waals surface area contributed by atoms with Gasteiger partial charge in [-0.2, -0.15) is 0 Å². The molecule has 1 aliphatic heterocycles. The average molecular weight is 171 g/mol. The van der Waals surface area contributed by atoms with Gasteiger partial charge in [0, 0.05) is 25.7 Å². The van der Waals surface area contributed by atoms with Gasteiger partial charge < -0.3 is 9.64 Å². The van der Waals surface area contributed by atoms with Gasteiger partial charge in [0.25, 0.3) is 0 Å². The zero-order valence-corrected chi connectivity index (χ0v) is 8.55. The van der Waals surface area contributed by atoms with E-state index in [4.69, 9.17) is 4.74 Å². The van der Waals surface area contributed by atoms with Crippen LogP contribution in [0.2, 0.25) is 0 Å². The van der Waals surface area contributed by atoms with Gasteiger partial charge in [-0.05, 0) is 33.6 Å². The summed E-state index contributed by atoms with van der Waals surface area (Å²) >= 11 is 0. The molecule has 12 heavy (non-hydrogen) atoms. The zero-order valence-electron chi connectivity index (χ0n) is 8.55. The molecule has 0 N–H and O–H groups in total. The third-order valence-corrected chi connectivity index (χ3v) is 2.61. The van der Waals surface area contributed by atoms with E-state index in [1.54, 1.807) is 0 Å². The van der Waals surface area contributed by atoms with Crippen molar-refractivity contribution in [1.29, 1.82) is 0 Å². The van der Waals surface area contributed by atoms with Gasteiger partial charge in [-0.25, -0.2) is 0 Å². The molecule has 0 aliphatic carbocycles. The van der Waals surface area contributed by atoms with E-state index in [0.29, 0.717) is 12.1 Å². The molecule has 0 spiro atoms. The van der Waals surface area contributed by atoms with Crippen LogP contribution in [0, 0.1) is 0 Å². The Kier molecular flexibility index (Phi) is 4.02. The fraction of sp³-hybridized carbons (Fsp3) is 1.00. The van der Waals surface area contributed by atoms with E-state index in [1.165, 1.54) is 25.9 Å². The second kappa shape index (κ2) is 4.83. The van der Waals surface area contributed by atoms with Crippen molar-refractivity contribution in [2.45, 2.75) is 45.8 Å². The minimum Gasteiger partial charge on any atom is -0.378 e. The minimum absolute atomic E-state index is 0.532. The first-order valence-corrected chi connectivity index (χ1v) is 5.09.